The molecular formula is C13H13FN2. The van der Waals surface area contributed by atoms with Crippen LogP contribution in [0.4, 0.5) is 4.39 Å². The maximum atomic E-state index is 12.8. The summed E-state index contributed by atoms with van der Waals surface area (Å²) in [6.45, 7) is 1.03. The van der Waals surface area contributed by atoms with Crippen molar-refractivity contribution >= 4 is 0 Å². The number of nitrogens with zero attached hydrogens (tertiary/aromatic N) is 2. The monoisotopic (exact) mass is 216 g/mol. The van der Waals surface area contributed by atoms with Crippen LogP contribution in [0.5, 0.6) is 0 Å². The van der Waals surface area contributed by atoms with Crippen LogP contribution in [0.2, 0.25) is 0 Å². The van der Waals surface area contributed by atoms with Crippen molar-refractivity contribution in [3.63, 3.8) is 0 Å². The van der Waals surface area contributed by atoms with Crippen LogP contribution in [0.3, 0.4) is 0 Å². The second-order valence-corrected chi connectivity index (χ2v) is 4.19. The maximum Gasteiger partial charge on any atom is 0.140 e. The number of hydrogen-bond donors (Lipinski definition) is 0. The van der Waals surface area contributed by atoms with Gasteiger partial charge < -0.3 is 4.57 Å². The van der Waals surface area contributed by atoms with Crippen LogP contribution in [-0.4, -0.2) is 9.55 Å². The van der Waals surface area contributed by atoms with Gasteiger partial charge >= 0.3 is 0 Å². The molecule has 2 aromatic rings. The lowest BCUT2D eigenvalue weighted by atomic mass is 10.1. The maximum absolute atomic E-state index is 12.8. The Labute approximate surface area is 93.7 Å². The minimum absolute atomic E-state index is 0.200. The Kier molecular flexibility index (Phi) is 2.24. The summed E-state index contributed by atoms with van der Waals surface area (Å²) in [5, 5.41) is 0. The van der Waals surface area contributed by atoms with Crippen LogP contribution in [0.15, 0.2) is 30.5 Å². The van der Waals surface area contributed by atoms with Crippen LogP contribution in [-0.2, 0) is 13.0 Å². The number of fused-ring (bicyclic) bond motifs is 1. The second-order valence-electron chi connectivity index (χ2n) is 4.19. The Morgan fingerprint density at radius 1 is 1.12 bits per heavy atom. The van der Waals surface area contributed by atoms with Crippen LogP contribution in [0.25, 0.3) is 11.4 Å². The normalized spacial score (nSPS) is 14.8. The van der Waals surface area contributed by atoms with E-state index >= 15 is 0 Å². The summed E-state index contributed by atoms with van der Waals surface area (Å²) in [7, 11) is 0. The summed E-state index contributed by atoms with van der Waals surface area (Å²) in [5.41, 5.74) is 2.29. The molecule has 1 aliphatic heterocycles. The summed E-state index contributed by atoms with van der Waals surface area (Å²) in [5.74, 6) is 0.767. The molecule has 1 aromatic heterocycles. The Morgan fingerprint density at radius 3 is 2.75 bits per heavy atom. The molecule has 0 N–H and O–H groups in total. The molecule has 0 aliphatic carbocycles. The number of aryl methyl sites for hydroxylation is 1. The van der Waals surface area contributed by atoms with Gasteiger partial charge in [-0.25, -0.2) is 9.37 Å². The summed E-state index contributed by atoms with van der Waals surface area (Å²) in [4.78, 5) is 4.44. The molecule has 1 aliphatic rings. The standard InChI is InChI=1S/C13H13FN2/c14-11-6-4-10(5-7-11)13-15-9-12-3-1-2-8-16(12)13/h4-7,9H,1-3,8H2. The van der Waals surface area contributed by atoms with Gasteiger partial charge in [0.05, 0.1) is 0 Å². The summed E-state index contributed by atoms with van der Waals surface area (Å²) in [6, 6.07) is 6.55. The van der Waals surface area contributed by atoms with Crippen molar-refractivity contribution in [1.29, 1.82) is 0 Å². The highest BCUT2D eigenvalue weighted by Gasteiger charge is 2.14. The minimum Gasteiger partial charge on any atom is -0.328 e. The molecule has 0 spiro atoms. The van der Waals surface area contributed by atoms with E-state index in [9.17, 15) is 4.39 Å². The Hall–Kier alpha value is -1.64. The van der Waals surface area contributed by atoms with Gasteiger partial charge in [0.2, 0.25) is 0 Å². The third-order valence-corrected chi connectivity index (χ3v) is 3.11. The first kappa shape index (κ1) is 9.58. The zero-order chi connectivity index (χ0) is 11.0. The van der Waals surface area contributed by atoms with Crippen LogP contribution < -0.4 is 0 Å². The lowest BCUT2D eigenvalue weighted by Gasteiger charge is -2.16. The second kappa shape index (κ2) is 3.74. The summed E-state index contributed by atoms with van der Waals surface area (Å²) < 4.78 is 15.1. The molecule has 2 heterocycles. The first-order valence-corrected chi connectivity index (χ1v) is 5.65. The van der Waals surface area contributed by atoms with Gasteiger partial charge in [-0.05, 0) is 43.5 Å². The number of imidazole rings is 1. The van der Waals surface area contributed by atoms with Crippen molar-refractivity contribution < 1.29 is 4.39 Å². The lowest BCUT2D eigenvalue weighted by molar-refractivity contribution is 0.536. The van der Waals surface area contributed by atoms with E-state index in [0.29, 0.717) is 0 Å². The predicted molar refractivity (Wildman–Crippen MR) is 60.6 cm³/mol. The molecule has 0 saturated heterocycles. The molecule has 2 nitrogen and oxygen atoms in total. The molecule has 1 aromatic carbocycles. The molecular weight excluding hydrogens is 203 g/mol. The number of benzene rings is 1. The van der Waals surface area contributed by atoms with Crippen LogP contribution in [0.1, 0.15) is 18.5 Å². The average Bonchev–Trinajstić information content (AvgIpc) is 2.74. The van der Waals surface area contributed by atoms with Gasteiger partial charge in [-0.15, -0.1) is 0 Å². The van der Waals surface area contributed by atoms with Crippen molar-refractivity contribution in [2.45, 2.75) is 25.8 Å². The lowest BCUT2D eigenvalue weighted by Crippen LogP contribution is -2.10. The molecule has 82 valence electrons. The highest BCUT2D eigenvalue weighted by molar-refractivity contribution is 5.56. The predicted octanol–water partition coefficient (Wildman–Crippen LogP) is 3.03. The number of halogens is 1. The highest BCUT2D eigenvalue weighted by Crippen LogP contribution is 2.24. The van der Waals surface area contributed by atoms with E-state index in [1.807, 2.05) is 6.20 Å². The minimum atomic E-state index is -0.200. The first-order chi connectivity index (χ1) is 7.84. The van der Waals surface area contributed by atoms with E-state index in [-0.39, 0.29) is 5.82 Å². The highest BCUT2D eigenvalue weighted by atomic mass is 19.1. The third kappa shape index (κ3) is 1.52. The molecule has 16 heavy (non-hydrogen) atoms. The van der Waals surface area contributed by atoms with Crippen LogP contribution >= 0.6 is 0 Å². The van der Waals surface area contributed by atoms with Crippen molar-refractivity contribution in [2.24, 2.45) is 0 Å². The van der Waals surface area contributed by atoms with Gasteiger partial charge in [0.15, 0.2) is 0 Å². The molecule has 0 saturated carbocycles. The molecule has 3 heteroatoms. The van der Waals surface area contributed by atoms with Gasteiger partial charge in [0.1, 0.15) is 11.6 Å². The van der Waals surface area contributed by atoms with Crippen LogP contribution in [0, 0.1) is 5.82 Å². The Balaban J connectivity index is 2.06. The fourth-order valence-electron chi connectivity index (χ4n) is 2.27. The average molecular weight is 216 g/mol. The van der Waals surface area contributed by atoms with E-state index in [1.54, 1.807) is 12.1 Å². The smallest absolute Gasteiger partial charge is 0.140 e. The summed E-state index contributed by atoms with van der Waals surface area (Å²) >= 11 is 0. The molecule has 0 bridgehead atoms. The number of aromatic nitrogens is 2. The molecule has 0 amide bonds. The SMILES string of the molecule is Fc1ccc(-c2ncc3n2CCCC3)cc1. The summed E-state index contributed by atoms with van der Waals surface area (Å²) in [6.07, 6.45) is 5.50. The number of rotatable bonds is 1. The molecule has 0 fully saturated rings. The zero-order valence-corrected chi connectivity index (χ0v) is 8.99. The van der Waals surface area contributed by atoms with E-state index in [2.05, 4.69) is 9.55 Å². The largest absolute Gasteiger partial charge is 0.328 e. The van der Waals surface area contributed by atoms with Gasteiger partial charge in [0.25, 0.3) is 0 Å². The molecule has 0 unspecified atom stereocenters. The zero-order valence-electron chi connectivity index (χ0n) is 8.99. The van der Waals surface area contributed by atoms with Crippen molar-refractivity contribution in [3.8, 4) is 11.4 Å². The fourth-order valence-corrected chi connectivity index (χ4v) is 2.27. The molecule has 3 rings (SSSR count). The van der Waals surface area contributed by atoms with Crippen molar-refractivity contribution in [3.05, 3.63) is 42.0 Å². The van der Waals surface area contributed by atoms with Gasteiger partial charge in [-0.1, -0.05) is 0 Å². The quantitative estimate of drug-likeness (QED) is 0.716. The first-order valence-electron chi connectivity index (χ1n) is 5.65. The van der Waals surface area contributed by atoms with Gasteiger partial charge in [-0.2, -0.15) is 0 Å². The topological polar surface area (TPSA) is 17.8 Å². The van der Waals surface area contributed by atoms with Gasteiger partial charge in [-0.3, -0.25) is 0 Å². The van der Waals surface area contributed by atoms with E-state index in [0.717, 1.165) is 24.4 Å². The van der Waals surface area contributed by atoms with E-state index in [4.69, 9.17) is 0 Å². The van der Waals surface area contributed by atoms with Gasteiger partial charge in [0, 0.05) is 24.0 Å². The Bertz CT molecular complexity index is 499. The molecule has 0 atom stereocenters. The Morgan fingerprint density at radius 2 is 1.94 bits per heavy atom. The fraction of sp³-hybridized carbons (Fsp3) is 0.308. The molecule has 0 radical (unpaired) electrons. The van der Waals surface area contributed by atoms with Crippen molar-refractivity contribution in [1.82, 2.24) is 9.55 Å². The number of hydrogen-bond acceptors (Lipinski definition) is 1. The van der Waals surface area contributed by atoms with E-state index in [1.165, 1.54) is 30.7 Å². The van der Waals surface area contributed by atoms with Crippen molar-refractivity contribution in [2.75, 3.05) is 0 Å². The third-order valence-electron chi connectivity index (χ3n) is 3.11. The van der Waals surface area contributed by atoms with E-state index < -0.39 is 0 Å².